The lowest BCUT2D eigenvalue weighted by Crippen LogP contribution is -2.35. The highest BCUT2D eigenvalue weighted by molar-refractivity contribution is 5.96. The van der Waals surface area contributed by atoms with E-state index >= 15 is 0 Å². The lowest BCUT2D eigenvalue weighted by atomic mass is 10.1. The van der Waals surface area contributed by atoms with Crippen molar-refractivity contribution in [2.24, 2.45) is 0 Å². The van der Waals surface area contributed by atoms with Crippen molar-refractivity contribution in [1.82, 2.24) is 10.6 Å². The van der Waals surface area contributed by atoms with Crippen LogP contribution in [0.1, 0.15) is 33.5 Å². The summed E-state index contributed by atoms with van der Waals surface area (Å²) in [4.78, 5) is 35.8. The molecule has 0 aromatic heterocycles. The molecule has 0 aliphatic rings. The molecule has 0 bridgehead atoms. The fourth-order valence-corrected chi connectivity index (χ4v) is 2.53. The van der Waals surface area contributed by atoms with E-state index in [-0.39, 0.29) is 37.2 Å². The van der Waals surface area contributed by atoms with Crippen LogP contribution in [0.15, 0.2) is 42.5 Å². The third kappa shape index (κ3) is 6.26. The summed E-state index contributed by atoms with van der Waals surface area (Å²) in [5.74, 6) is -0.810. The highest BCUT2D eigenvalue weighted by Gasteiger charge is 2.09. The fourth-order valence-electron chi connectivity index (χ4n) is 2.53. The van der Waals surface area contributed by atoms with Crippen LogP contribution < -0.4 is 16.0 Å². The lowest BCUT2D eigenvalue weighted by Gasteiger charge is -2.11. The maximum Gasteiger partial charge on any atom is 0.251 e. The lowest BCUT2D eigenvalue weighted by molar-refractivity contribution is -0.124. The van der Waals surface area contributed by atoms with Gasteiger partial charge in [0, 0.05) is 24.2 Å². The summed E-state index contributed by atoms with van der Waals surface area (Å²) in [5, 5.41) is 8.04. The van der Waals surface area contributed by atoms with Crippen LogP contribution in [0.3, 0.4) is 0 Å². The third-order valence-electron chi connectivity index (χ3n) is 4.24. The Morgan fingerprint density at radius 2 is 1.63 bits per heavy atom. The summed E-state index contributed by atoms with van der Waals surface area (Å²) in [5.41, 5.74) is 4.37. The topological polar surface area (TPSA) is 87.3 Å². The Morgan fingerprint density at radius 3 is 2.37 bits per heavy atom. The molecule has 142 valence electrons. The molecule has 0 saturated carbocycles. The van der Waals surface area contributed by atoms with E-state index in [1.54, 1.807) is 12.1 Å². The molecule has 27 heavy (non-hydrogen) atoms. The van der Waals surface area contributed by atoms with Gasteiger partial charge >= 0.3 is 0 Å². The number of nitrogens with one attached hydrogen (secondary N) is 3. The van der Waals surface area contributed by atoms with E-state index in [1.165, 1.54) is 0 Å². The number of aryl methyl sites for hydroxylation is 2. The van der Waals surface area contributed by atoms with Crippen LogP contribution in [0.2, 0.25) is 0 Å². The summed E-state index contributed by atoms with van der Waals surface area (Å²) in [6.07, 6.45) is 0.105. The van der Waals surface area contributed by atoms with E-state index in [2.05, 4.69) is 16.0 Å². The van der Waals surface area contributed by atoms with Crippen LogP contribution in [0, 0.1) is 20.8 Å². The zero-order chi connectivity index (χ0) is 19.8. The standard InChI is InChI=1S/C21H25N3O3/c1-14-6-4-8-17(12-14)21(27)22-11-10-19(25)23-13-20(26)24-18-9-5-7-15(2)16(18)3/h4-9,12H,10-11,13H2,1-3H3,(H,22,27)(H,23,25)(H,24,26). The second-order valence-electron chi connectivity index (χ2n) is 6.45. The Kier molecular flexibility index (Phi) is 7.11. The molecule has 0 unspecified atom stereocenters. The van der Waals surface area contributed by atoms with E-state index in [1.807, 2.05) is 51.1 Å². The van der Waals surface area contributed by atoms with Crippen molar-refractivity contribution in [3.05, 3.63) is 64.7 Å². The largest absolute Gasteiger partial charge is 0.352 e. The summed E-state index contributed by atoms with van der Waals surface area (Å²) in [6, 6.07) is 12.9. The molecule has 0 saturated heterocycles. The molecule has 6 heteroatoms. The first-order valence-electron chi connectivity index (χ1n) is 8.84. The number of amides is 3. The van der Waals surface area contributed by atoms with E-state index in [4.69, 9.17) is 0 Å². The summed E-state index contributed by atoms with van der Waals surface area (Å²) in [6.45, 7) is 5.90. The van der Waals surface area contributed by atoms with Crippen molar-refractivity contribution in [2.75, 3.05) is 18.4 Å². The van der Waals surface area contributed by atoms with Crippen LogP contribution >= 0.6 is 0 Å². The number of hydrogen-bond donors (Lipinski definition) is 3. The van der Waals surface area contributed by atoms with Crippen LogP contribution in [-0.2, 0) is 9.59 Å². The molecule has 0 aliphatic heterocycles. The smallest absolute Gasteiger partial charge is 0.251 e. The molecule has 0 aliphatic carbocycles. The Balaban J connectivity index is 1.70. The van der Waals surface area contributed by atoms with Crippen molar-refractivity contribution in [2.45, 2.75) is 27.2 Å². The molecule has 0 atom stereocenters. The molecular weight excluding hydrogens is 342 g/mol. The second-order valence-corrected chi connectivity index (χ2v) is 6.45. The zero-order valence-electron chi connectivity index (χ0n) is 15.9. The molecule has 2 rings (SSSR count). The Morgan fingerprint density at radius 1 is 0.889 bits per heavy atom. The van der Waals surface area contributed by atoms with Gasteiger partial charge in [0.2, 0.25) is 11.8 Å². The van der Waals surface area contributed by atoms with Crippen LogP contribution in [0.5, 0.6) is 0 Å². The SMILES string of the molecule is Cc1cccc(C(=O)NCCC(=O)NCC(=O)Nc2cccc(C)c2C)c1. The van der Waals surface area contributed by atoms with E-state index in [0.717, 1.165) is 22.4 Å². The van der Waals surface area contributed by atoms with Gasteiger partial charge in [0.15, 0.2) is 0 Å². The van der Waals surface area contributed by atoms with E-state index in [9.17, 15) is 14.4 Å². The average Bonchev–Trinajstić information content (AvgIpc) is 2.63. The Labute approximate surface area is 159 Å². The molecule has 0 spiro atoms. The minimum atomic E-state index is -0.296. The van der Waals surface area contributed by atoms with Gasteiger partial charge in [-0.1, -0.05) is 29.8 Å². The number of carbonyl (C=O) groups is 3. The number of carbonyl (C=O) groups excluding carboxylic acids is 3. The molecule has 3 N–H and O–H groups in total. The van der Waals surface area contributed by atoms with Crippen molar-refractivity contribution in [1.29, 1.82) is 0 Å². The second kappa shape index (κ2) is 9.52. The van der Waals surface area contributed by atoms with Gasteiger partial charge in [0.1, 0.15) is 0 Å². The molecule has 2 aromatic rings. The maximum absolute atomic E-state index is 12.0. The quantitative estimate of drug-likeness (QED) is 0.703. The predicted octanol–water partition coefficient (Wildman–Crippen LogP) is 2.49. The van der Waals surface area contributed by atoms with Crippen LogP contribution in [-0.4, -0.2) is 30.8 Å². The molecule has 2 aromatic carbocycles. The summed E-state index contributed by atoms with van der Waals surface area (Å²) in [7, 11) is 0. The molecular formula is C21H25N3O3. The Hall–Kier alpha value is -3.15. The minimum Gasteiger partial charge on any atom is -0.352 e. The molecule has 3 amide bonds. The summed E-state index contributed by atoms with van der Waals surface area (Å²) >= 11 is 0. The number of rotatable bonds is 7. The number of anilines is 1. The number of hydrogen-bond acceptors (Lipinski definition) is 3. The average molecular weight is 367 g/mol. The normalized spacial score (nSPS) is 10.2. The van der Waals surface area contributed by atoms with Crippen LogP contribution in [0.25, 0.3) is 0 Å². The van der Waals surface area contributed by atoms with Gasteiger partial charge in [-0.2, -0.15) is 0 Å². The van der Waals surface area contributed by atoms with Crippen molar-refractivity contribution in [3.63, 3.8) is 0 Å². The maximum atomic E-state index is 12.0. The summed E-state index contributed by atoms with van der Waals surface area (Å²) < 4.78 is 0. The van der Waals surface area contributed by atoms with Crippen molar-refractivity contribution in [3.8, 4) is 0 Å². The first-order chi connectivity index (χ1) is 12.9. The van der Waals surface area contributed by atoms with Gasteiger partial charge in [-0.3, -0.25) is 14.4 Å². The molecule has 0 heterocycles. The highest BCUT2D eigenvalue weighted by atomic mass is 16.2. The fraction of sp³-hybridized carbons (Fsp3) is 0.286. The zero-order valence-corrected chi connectivity index (χ0v) is 15.9. The first kappa shape index (κ1) is 20.2. The Bertz CT molecular complexity index is 846. The molecule has 0 radical (unpaired) electrons. The van der Waals surface area contributed by atoms with Crippen molar-refractivity contribution < 1.29 is 14.4 Å². The highest BCUT2D eigenvalue weighted by Crippen LogP contribution is 2.17. The van der Waals surface area contributed by atoms with Gasteiger partial charge in [0.25, 0.3) is 5.91 Å². The first-order valence-corrected chi connectivity index (χ1v) is 8.84. The predicted molar refractivity (Wildman–Crippen MR) is 106 cm³/mol. The van der Waals surface area contributed by atoms with Gasteiger partial charge in [0.05, 0.1) is 6.54 Å². The van der Waals surface area contributed by atoms with Crippen molar-refractivity contribution >= 4 is 23.4 Å². The third-order valence-corrected chi connectivity index (χ3v) is 4.24. The molecule has 6 nitrogen and oxygen atoms in total. The van der Waals surface area contributed by atoms with Gasteiger partial charge in [-0.15, -0.1) is 0 Å². The van der Waals surface area contributed by atoms with Gasteiger partial charge < -0.3 is 16.0 Å². The molecule has 0 fully saturated rings. The van der Waals surface area contributed by atoms with Gasteiger partial charge in [-0.25, -0.2) is 0 Å². The number of benzene rings is 2. The van der Waals surface area contributed by atoms with Crippen LogP contribution in [0.4, 0.5) is 5.69 Å². The minimum absolute atomic E-state index is 0.105. The monoisotopic (exact) mass is 367 g/mol. The van der Waals surface area contributed by atoms with E-state index in [0.29, 0.717) is 5.56 Å². The van der Waals surface area contributed by atoms with Gasteiger partial charge in [-0.05, 0) is 50.1 Å². The van der Waals surface area contributed by atoms with E-state index < -0.39 is 0 Å².